The molecule has 0 unspecified atom stereocenters. The van der Waals surface area contributed by atoms with Crippen LogP contribution in [0.1, 0.15) is 22.7 Å². The minimum absolute atomic E-state index is 0.270. The van der Waals surface area contributed by atoms with E-state index in [0.717, 1.165) is 42.2 Å². The molecule has 1 aromatic carbocycles. The Labute approximate surface area is 133 Å². The summed E-state index contributed by atoms with van der Waals surface area (Å²) in [7, 11) is 0. The molecule has 114 valence electrons. The third-order valence-electron chi connectivity index (χ3n) is 3.93. The minimum atomic E-state index is -0.270. The van der Waals surface area contributed by atoms with Crippen molar-refractivity contribution in [3.05, 3.63) is 60.6 Å². The molecule has 4 rings (SSSR count). The molecule has 6 heteroatoms. The number of fused-ring (bicyclic) bond motifs is 1. The molecule has 1 aliphatic rings. The van der Waals surface area contributed by atoms with Gasteiger partial charge in [0, 0.05) is 36.6 Å². The third kappa shape index (κ3) is 2.59. The number of hydrogen-bond donors (Lipinski definition) is 1. The summed E-state index contributed by atoms with van der Waals surface area (Å²) in [4.78, 5) is 24.6. The molecule has 6 nitrogen and oxygen atoms in total. The van der Waals surface area contributed by atoms with E-state index in [4.69, 9.17) is 0 Å². The number of rotatable bonds is 3. The van der Waals surface area contributed by atoms with E-state index >= 15 is 0 Å². The van der Waals surface area contributed by atoms with Crippen molar-refractivity contribution in [2.24, 2.45) is 0 Å². The van der Waals surface area contributed by atoms with Gasteiger partial charge in [-0.25, -0.2) is 9.97 Å². The number of amides is 1. The standard InChI is InChI=1S/C17H15N5O/c23-17(14-10-18-6-7-19-14)21-13-4-1-3-12(9-13)15-11-20-16-5-2-8-22(15)16/h1,3-4,6-7,9-11H,2,5,8H2,(H,21,23). The first-order valence-electron chi connectivity index (χ1n) is 7.53. The van der Waals surface area contributed by atoms with Gasteiger partial charge < -0.3 is 9.88 Å². The number of benzene rings is 1. The number of anilines is 1. The maximum absolute atomic E-state index is 12.2. The van der Waals surface area contributed by atoms with Gasteiger partial charge in [0.05, 0.1) is 18.1 Å². The summed E-state index contributed by atoms with van der Waals surface area (Å²) >= 11 is 0. The van der Waals surface area contributed by atoms with Crippen molar-refractivity contribution in [2.75, 3.05) is 5.32 Å². The quantitative estimate of drug-likeness (QED) is 0.807. The Hall–Kier alpha value is -3.02. The number of aromatic nitrogens is 4. The average Bonchev–Trinajstić information content (AvgIpc) is 3.19. The van der Waals surface area contributed by atoms with Crippen molar-refractivity contribution in [1.29, 1.82) is 0 Å². The smallest absolute Gasteiger partial charge is 0.275 e. The normalized spacial score (nSPS) is 12.9. The Morgan fingerprint density at radius 1 is 1.17 bits per heavy atom. The second-order valence-electron chi connectivity index (χ2n) is 5.44. The fourth-order valence-electron chi connectivity index (χ4n) is 2.86. The fraction of sp³-hybridized carbons (Fsp3) is 0.176. The zero-order chi connectivity index (χ0) is 15.6. The molecule has 0 aliphatic carbocycles. The van der Waals surface area contributed by atoms with Crippen LogP contribution in [-0.2, 0) is 13.0 Å². The predicted molar refractivity (Wildman–Crippen MR) is 86.0 cm³/mol. The van der Waals surface area contributed by atoms with Crippen molar-refractivity contribution >= 4 is 11.6 Å². The van der Waals surface area contributed by atoms with Crippen LogP contribution in [-0.4, -0.2) is 25.4 Å². The van der Waals surface area contributed by atoms with E-state index < -0.39 is 0 Å². The second kappa shape index (κ2) is 5.64. The lowest BCUT2D eigenvalue weighted by Crippen LogP contribution is -2.13. The Kier molecular flexibility index (Phi) is 3.34. The molecule has 3 aromatic rings. The molecule has 1 amide bonds. The van der Waals surface area contributed by atoms with Crippen LogP contribution in [0.2, 0.25) is 0 Å². The van der Waals surface area contributed by atoms with Crippen LogP contribution in [0.3, 0.4) is 0 Å². The summed E-state index contributed by atoms with van der Waals surface area (Å²) in [6.07, 6.45) is 8.56. The zero-order valence-corrected chi connectivity index (χ0v) is 12.4. The zero-order valence-electron chi connectivity index (χ0n) is 12.4. The summed E-state index contributed by atoms with van der Waals surface area (Å²) in [6, 6.07) is 7.77. The molecule has 0 saturated carbocycles. The lowest BCUT2D eigenvalue weighted by molar-refractivity contribution is 0.102. The fourth-order valence-corrected chi connectivity index (χ4v) is 2.86. The van der Waals surface area contributed by atoms with Crippen LogP contribution in [0, 0.1) is 0 Å². The summed E-state index contributed by atoms with van der Waals surface area (Å²) in [5.41, 5.74) is 3.16. The average molecular weight is 305 g/mol. The van der Waals surface area contributed by atoms with Crippen molar-refractivity contribution in [1.82, 2.24) is 19.5 Å². The molecule has 0 fully saturated rings. The molecule has 0 radical (unpaired) electrons. The van der Waals surface area contributed by atoms with Gasteiger partial charge in [0.1, 0.15) is 11.5 Å². The largest absolute Gasteiger partial charge is 0.328 e. The molecule has 1 N–H and O–H groups in total. The van der Waals surface area contributed by atoms with E-state index in [-0.39, 0.29) is 5.91 Å². The number of nitrogens with one attached hydrogen (secondary N) is 1. The van der Waals surface area contributed by atoms with Crippen LogP contribution >= 0.6 is 0 Å². The van der Waals surface area contributed by atoms with Crippen LogP contribution < -0.4 is 5.32 Å². The van der Waals surface area contributed by atoms with E-state index in [1.165, 1.54) is 18.6 Å². The Bertz CT molecular complexity index is 856. The van der Waals surface area contributed by atoms with E-state index in [9.17, 15) is 4.79 Å². The first-order valence-corrected chi connectivity index (χ1v) is 7.53. The van der Waals surface area contributed by atoms with Gasteiger partial charge in [-0.05, 0) is 18.6 Å². The van der Waals surface area contributed by atoms with Gasteiger partial charge in [0.15, 0.2) is 0 Å². The van der Waals surface area contributed by atoms with Crippen LogP contribution in [0.25, 0.3) is 11.3 Å². The van der Waals surface area contributed by atoms with E-state index in [1.54, 1.807) is 0 Å². The molecule has 0 atom stereocenters. The van der Waals surface area contributed by atoms with Gasteiger partial charge in [0.2, 0.25) is 0 Å². The highest BCUT2D eigenvalue weighted by molar-refractivity contribution is 6.02. The van der Waals surface area contributed by atoms with E-state index in [2.05, 4.69) is 24.8 Å². The molecule has 23 heavy (non-hydrogen) atoms. The number of hydrogen-bond acceptors (Lipinski definition) is 4. The topological polar surface area (TPSA) is 72.7 Å². The SMILES string of the molecule is O=C(Nc1cccc(-c2cnc3n2CCC3)c1)c1cnccn1. The van der Waals surface area contributed by atoms with Crippen molar-refractivity contribution in [3.8, 4) is 11.3 Å². The van der Waals surface area contributed by atoms with Crippen molar-refractivity contribution in [3.63, 3.8) is 0 Å². The Balaban J connectivity index is 1.60. The first kappa shape index (κ1) is 13.6. The minimum Gasteiger partial charge on any atom is -0.328 e. The molecule has 2 aromatic heterocycles. The molecule has 0 saturated heterocycles. The van der Waals surface area contributed by atoms with Crippen LogP contribution in [0.4, 0.5) is 5.69 Å². The highest BCUT2D eigenvalue weighted by Gasteiger charge is 2.17. The predicted octanol–water partition coefficient (Wildman–Crippen LogP) is 2.54. The first-order chi connectivity index (χ1) is 11.3. The maximum Gasteiger partial charge on any atom is 0.275 e. The van der Waals surface area contributed by atoms with Crippen LogP contribution in [0.15, 0.2) is 49.1 Å². The highest BCUT2D eigenvalue weighted by Crippen LogP contribution is 2.27. The third-order valence-corrected chi connectivity index (χ3v) is 3.93. The summed E-state index contributed by atoms with van der Waals surface area (Å²) < 4.78 is 2.24. The molecule has 3 heterocycles. The van der Waals surface area contributed by atoms with E-state index in [1.807, 2.05) is 30.5 Å². The van der Waals surface area contributed by atoms with Gasteiger partial charge in [-0.15, -0.1) is 0 Å². The second-order valence-corrected chi connectivity index (χ2v) is 5.44. The van der Waals surface area contributed by atoms with Crippen LogP contribution in [0.5, 0.6) is 0 Å². The Morgan fingerprint density at radius 3 is 3.00 bits per heavy atom. The summed E-state index contributed by atoms with van der Waals surface area (Å²) in [5, 5.41) is 2.86. The van der Waals surface area contributed by atoms with Crippen molar-refractivity contribution in [2.45, 2.75) is 19.4 Å². The van der Waals surface area contributed by atoms with E-state index in [0.29, 0.717) is 5.69 Å². The number of nitrogens with zero attached hydrogens (tertiary/aromatic N) is 4. The van der Waals surface area contributed by atoms with Gasteiger partial charge in [0.25, 0.3) is 5.91 Å². The Morgan fingerprint density at radius 2 is 2.13 bits per heavy atom. The number of carbonyl (C=O) groups excluding carboxylic acids is 1. The summed E-state index contributed by atoms with van der Waals surface area (Å²) in [6.45, 7) is 1.00. The number of carbonyl (C=O) groups is 1. The molecule has 1 aliphatic heterocycles. The van der Waals surface area contributed by atoms with Crippen molar-refractivity contribution < 1.29 is 4.79 Å². The lowest BCUT2D eigenvalue weighted by atomic mass is 10.1. The van der Waals surface area contributed by atoms with Gasteiger partial charge >= 0.3 is 0 Å². The molecular weight excluding hydrogens is 290 g/mol. The summed E-state index contributed by atoms with van der Waals surface area (Å²) in [5.74, 6) is 0.864. The maximum atomic E-state index is 12.2. The van der Waals surface area contributed by atoms with Gasteiger partial charge in [-0.3, -0.25) is 9.78 Å². The highest BCUT2D eigenvalue weighted by atomic mass is 16.1. The number of aryl methyl sites for hydroxylation is 1. The lowest BCUT2D eigenvalue weighted by Gasteiger charge is -2.08. The van der Waals surface area contributed by atoms with Gasteiger partial charge in [-0.2, -0.15) is 0 Å². The number of imidazole rings is 1. The van der Waals surface area contributed by atoms with Gasteiger partial charge in [-0.1, -0.05) is 12.1 Å². The molecular formula is C17H15N5O. The molecule has 0 bridgehead atoms. The molecule has 0 spiro atoms. The monoisotopic (exact) mass is 305 g/mol.